The van der Waals surface area contributed by atoms with E-state index in [-0.39, 0.29) is 23.6 Å². The first kappa shape index (κ1) is 19.0. The molecule has 0 aliphatic rings. The number of carbonyl (C=O) groups is 2. The molecule has 0 unspecified atom stereocenters. The number of hydrogen-bond acceptors (Lipinski definition) is 5. The number of halogens is 1. The fourth-order valence-corrected chi connectivity index (χ4v) is 2.15. The first-order valence-electron chi connectivity index (χ1n) is 7.76. The van der Waals surface area contributed by atoms with Crippen molar-refractivity contribution in [1.82, 2.24) is 5.32 Å². The third-order valence-corrected chi connectivity index (χ3v) is 3.67. The second-order valence-electron chi connectivity index (χ2n) is 5.65. The van der Waals surface area contributed by atoms with E-state index in [1.807, 2.05) is 0 Å². The number of nitro groups is 1. The molecule has 1 N–H and O–H groups in total. The zero-order chi connectivity index (χ0) is 19.3. The fraction of sp³-hybridized carbons (Fsp3) is 0.222. The number of aryl methyl sites for hydroxylation is 1. The van der Waals surface area contributed by atoms with Gasteiger partial charge in [0, 0.05) is 18.2 Å². The van der Waals surface area contributed by atoms with E-state index in [1.165, 1.54) is 43.3 Å². The lowest BCUT2D eigenvalue weighted by Gasteiger charge is -2.13. The Morgan fingerprint density at radius 3 is 2.50 bits per heavy atom. The summed E-state index contributed by atoms with van der Waals surface area (Å²) in [6.07, 6.45) is -1.09. The highest BCUT2D eigenvalue weighted by atomic mass is 19.1. The largest absolute Gasteiger partial charge is 0.449 e. The maximum atomic E-state index is 12.8. The molecule has 0 bridgehead atoms. The van der Waals surface area contributed by atoms with Gasteiger partial charge in [-0.1, -0.05) is 18.2 Å². The third kappa shape index (κ3) is 4.85. The highest BCUT2D eigenvalue weighted by Crippen LogP contribution is 2.20. The Balaban J connectivity index is 1.95. The number of nitrogens with one attached hydrogen (secondary N) is 1. The van der Waals surface area contributed by atoms with Crippen molar-refractivity contribution in [3.8, 4) is 0 Å². The van der Waals surface area contributed by atoms with Gasteiger partial charge in [-0.2, -0.15) is 0 Å². The van der Waals surface area contributed by atoms with Gasteiger partial charge in [-0.25, -0.2) is 9.18 Å². The zero-order valence-electron chi connectivity index (χ0n) is 14.2. The van der Waals surface area contributed by atoms with Gasteiger partial charge in [-0.05, 0) is 37.6 Å². The lowest BCUT2D eigenvalue weighted by Crippen LogP contribution is -2.35. The van der Waals surface area contributed by atoms with Crippen LogP contribution in [0.2, 0.25) is 0 Å². The summed E-state index contributed by atoms with van der Waals surface area (Å²) in [4.78, 5) is 34.4. The Hall–Kier alpha value is -3.29. The molecule has 0 aromatic heterocycles. The van der Waals surface area contributed by atoms with Crippen LogP contribution >= 0.6 is 0 Å². The SMILES string of the molecule is Cc1ccc(C(=O)O[C@@H](C)C(=O)NCc2ccc(F)cc2)cc1[N+](=O)[O-]. The van der Waals surface area contributed by atoms with E-state index in [4.69, 9.17) is 4.74 Å². The van der Waals surface area contributed by atoms with Crippen molar-refractivity contribution < 1.29 is 23.6 Å². The lowest BCUT2D eigenvalue weighted by atomic mass is 10.1. The number of nitrogens with zero attached hydrogens (tertiary/aromatic N) is 1. The molecular weight excluding hydrogens is 343 g/mol. The van der Waals surface area contributed by atoms with Crippen molar-refractivity contribution in [2.45, 2.75) is 26.5 Å². The van der Waals surface area contributed by atoms with Crippen LogP contribution in [0.5, 0.6) is 0 Å². The van der Waals surface area contributed by atoms with Gasteiger partial charge in [0.15, 0.2) is 6.10 Å². The second kappa shape index (κ2) is 8.19. The molecule has 7 nitrogen and oxygen atoms in total. The van der Waals surface area contributed by atoms with Gasteiger partial charge >= 0.3 is 5.97 Å². The second-order valence-corrected chi connectivity index (χ2v) is 5.65. The Morgan fingerprint density at radius 1 is 1.23 bits per heavy atom. The van der Waals surface area contributed by atoms with Crippen LogP contribution in [0.4, 0.5) is 10.1 Å². The number of nitro benzene ring substituents is 1. The summed E-state index contributed by atoms with van der Waals surface area (Å²) in [6, 6.07) is 9.54. The molecule has 0 fully saturated rings. The normalized spacial score (nSPS) is 11.5. The molecule has 0 saturated heterocycles. The number of amides is 1. The van der Waals surface area contributed by atoms with Crippen LogP contribution in [-0.2, 0) is 16.1 Å². The van der Waals surface area contributed by atoms with Crippen LogP contribution in [0.15, 0.2) is 42.5 Å². The number of esters is 1. The number of benzene rings is 2. The number of rotatable bonds is 6. The van der Waals surface area contributed by atoms with Crippen molar-refractivity contribution in [1.29, 1.82) is 0 Å². The quantitative estimate of drug-likeness (QED) is 0.485. The fourth-order valence-electron chi connectivity index (χ4n) is 2.15. The van der Waals surface area contributed by atoms with Crippen molar-refractivity contribution >= 4 is 17.6 Å². The molecule has 2 rings (SSSR count). The Morgan fingerprint density at radius 2 is 1.88 bits per heavy atom. The molecule has 2 aromatic carbocycles. The first-order chi connectivity index (χ1) is 12.3. The highest BCUT2D eigenvalue weighted by Gasteiger charge is 2.21. The molecule has 0 radical (unpaired) electrons. The van der Waals surface area contributed by atoms with E-state index in [0.717, 1.165) is 6.07 Å². The third-order valence-electron chi connectivity index (χ3n) is 3.67. The summed E-state index contributed by atoms with van der Waals surface area (Å²) >= 11 is 0. The molecule has 26 heavy (non-hydrogen) atoms. The lowest BCUT2D eigenvalue weighted by molar-refractivity contribution is -0.385. The van der Waals surface area contributed by atoms with Crippen LogP contribution in [0.3, 0.4) is 0 Å². The van der Waals surface area contributed by atoms with E-state index in [9.17, 15) is 24.1 Å². The topological polar surface area (TPSA) is 98.5 Å². The maximum Gasteiger partial charge on any atom is 0.339 e. The summed E-state index contributed by atoms with van der Waals surface area (Å²) in [7, 11) is 0. The van der Waals surface area contributed by atoms with Crippen molar-refractivity contribution in [3.63, 3.8) is 0 Å². The van der Waals surface area contributed by atoms with E-state index >= 15 is 0 Å². The van der Waals surface area contributed by atoms with Crippen LogP contribution < -0.4 is 5.32 Å². The smallest absolute Gasteiger partial charge is 0.339 e. The van der Waals surface area contributed by atoms with Crippen molar-refractivity contribution in [3.05, 3.63) is 75.1 Å². The number of ether oxygens (including phenoxy) is 1. The van der Waals surface area contributed by atoms with Gasteiger partial charge in [0.25, 0.3) is 11.6 Å². The predicted molar refractivity (Wildman–Crippen MR) is 91.0 cm³/mol. The minimum absolute atomic E-state index is 0.0134. The molecule has 0 heterocycles. The van der Waals surface area contributed by atoms with Gasteiger partial charge < -0.3 is 10.1 Å². The summed E-state index contributed by atoms with van der Waals surface area (Å²) < 4.78 is 17.9. The van der Waals surface area contributed by atoms with E-state index in [0.29, 0.717) is 11.1 Å². The maximum absolute atomic E-state index is 12.8. The molecule has 0 aliphatic heterocycles. The van der Waals surface area contributed by atoms with Crippen LogP contribution in [0.1, 0.15) is 28.4 Å². The average Bonchev–Trinajstić information content (AvgIpc) is 2.60. The Kier molecular flexibility index (Phi) is 6.00. The average molecular weight is 360 g/mol. The number of carbonyl (C=O) groups excluding carboxylic acids is 2. The zero-order valence-corrected chi connectivity index (χ0v) is 14.2. The summed E-state index contributed by atoms with van der Waals surface area (Å²) in [5, 5.41) is 13.5. The van der Waals surface area contributed by atoms with Crippen molar-refractivity contribution in [2.24, 2.45) is 0 Å². The molecule has 1 amide bonds. The van der Waals surface area contributed by atoms with Crippen LogP contribution in [0.25, 0.3) is 0 Å². The molecule has 1 atom stereocenters. The van der Waals surface area contributed by atoms with Gasteiger partial charge in [-0.15, -0.1) is 0 Å². The minimum atomic E-state index is -1.09. The van der Waals surface area contributed by atoms with Gasteiger partial charge in [0.2, 0.25) is 0 Å². The van der Waals surface area contributed by atoms with E-state index in [1.54, 1.807) is 6.92 Å². The molecule has 0 saturated carbocycles. The molecule has 0 aliphatic carbocycles. The Labute approximate surface area is 148 Å². The molecule has 8 heteroatoms. The van der Waals surface area contributed by atoms with Gasteiger partial charge in [0.05, 0.1) is 10.5 Å². The minimum Gasteiger partial charge on any atom is -0.449 e. The molecule has 2 aromatic rings. The summed E-state index contributed by atoms with van der Waals surface area (Å²) in [5.74, 6) is -1.75. The number of hydrogen-bond donors (Lipinski definition) is 1. The monoisotopic (exact) mass is 360 g/mol. The standard InChI is InChI=1S/C18H17FN2O5/c1-11-3-6-14(9-16(11)21(24)25)18(23)26-12(2)17(22)20-10-13-4-7-15(19)8-5-13/h3-9,12H,10H2,1-2H3,(H,20,22)/t12-/m0/s1. The van der Waals surface area contributed by atoms with Gasteiger partial charge in [0.1, 0.15) is 5.82 Å². The molecular formula is C18H17FN2O5. The molecule has 136 valence electrons. The Bertz CT molecular complexity index is 836. The summed E-state index contributed by atoms with van der Waals surface area (Å²) in [5.41, 5.74) is 0.887. The highest BCUT2D eigenvalue weighted by molar-refractivity contribution is 5.92. The van der Waals surface area contributed by atoms with Crippen molar-refractivity contribution in [2.75, 3.05) is 0 Å². The van der Waals surface area contributed by atoms with E-state index in [2.05, 4.69) is 5.32 Å². The molecule has 0 spiro atoms. The summed E-state index contributed by atoms with van der Waals surface area (Å²) in [6.45, 7) is 3.09. The first-order valence-corrected chi connectivity index (χ1v) is 7.76. The predicted octanol–water partition coefficient (Wildman–Crippen LogP) is 2.90. The van der Waals surface area contributed by atoms with Crippen LogP contribution in [-0.4, -0.2) is 22.9 Å². The van der Waals surface area contributed by atoms with Crippen LogP contribution in [0, 0.1) is 22.9 Å². The van der Waals surface area contributed by atoms with Gasteiger partial charge in [-0.3, -0.25) is 14.9 Å². The van der Waals surface area contributed by atoms with E-state index < -0.39 is 22.9 Å².